The minimum atomic E-state index is -0.199. The number of thioether (sulfide) groups is 1. The lowest BCUT2D eigenvalue weighted by Crippen LogP contribution is -2.47. The molecule has 0 aliphatic carbocycles. The third-order valence-electron chi connectivity index (χ3n) is 6.69. The average Bonchev–Trinajstić information content (AvgIpc) is 3.17. The number of thiocarbonyl (C=S) groups is 1. The van der Waals surface area contributed by atoms with Gasteiger partial charge in [0.15, 0.2) is 0 Å². The molecule has 2 aromatic heterocycles. The van der Waals surface area contributed by atoms with Gasteiger partial charge < -0.3 is 14.5 Å². The Bertz CT molecular complexity index is 1490. The Morgan fingerprint density at radius 2 is 1.79 bits per heavy atom. The van der Waals surface area contributed by atoms with Gasteiger partial charge in [0.25, 0.3) is 11.5 Å². The van der Waals surface area contributed by atoms with Crippen molar-refractivity contribution in [1.29, 1.82) is 0 Å². The smallest absolute Gasteiger partial charge is 0.267 e. The molecule has 4 heterocycles. The van der Waals surface area contributed by atoms with Gasteiger partial charge in [-0.3, -0.25) is 18.9 Å². The number of methoxy groups -OCH3 is 1. The van der Waals surface area contributed by atoms with Crippen molar-refractivity contribution in [2.75, 3.05) is 49.6 Å². The van der Waals surface area contributed by atoms with Gasteiger partial charge >= 0.3 is 0 Å². The molecular weight excluding hydrogens is 518 g/mol. The Hall–Kier alpha value is -3.37. The van der Waals surface area contributed by atoms with E-state index < -0.39 is 0 Å². The molecular formula is C28H31N5O3S2. The number of aromatic nitrogens is 2. The molecule has 2 aliphatic rings. The van der Waals surface area contributed by atoms with Gasteiger partial charge in [-0.1, -0.05) is 56.0 Å². The molecule has 0 unspecified atom stereocenters. The Morgan fingerprint density at radius 1 is 1.08 bits per heavy atom. The summed E-state index contributed by atoms with van der Waals surface area (Å²) >= 11 is 6.74. The van der Waals surface area contributed by atoms with Crippen LogP contribution in [0, 0.1) is 12.8 Å². The van der Waals surface area contributed by atoms with Crippen molar-refractivity contribution in [3.8, 4) is 5.75 Å². The van der Waals surface area contributed by atoms with E-state index in [1.165, 1.54) is 11.8 Å². The molecule has 5 rings (SSSR count). The van der Waals surface area contributed by atoms with Crippen LogP contribution in [0.15, 0.2) is 52.3 Å². The number of piperazine rings is 1. The van der Waals surface area contributed by atoms with Gasteiger partial charge in [0, 0.05) is 38.9 Å². The SMILES string of the molecule is COc1ccccc1N1CCN(c2nc3ccc(C)cn3c(=O)c2/C=C2\SC(=S)N(CC(C)C)C2=O)CC1. The number of aryl methyl sites for hydroxylation is 1. The third-order valence-corrected chi connectivity index (χ3v) is 8.06. The van der Waals surface area contributed by atoms with E-state index in [1.54, 1.807) is 28.7 Å². The zero-order chi connectivity index (χ0) is 27.0. The largest absolute Gasteiger partial charge is 0.495 e. The van der Waals surface area contributed by atoms with Crippen molar-refractivity contribution in [2.45, 2.75) is 20.8 Å². The molecule has 8 nitrogen and oxygen atoms in total. The molecule has 0 saturated carbocycles. The Labute approximate surface area is 231 Å². The lowest BCUT2D eigenvalue weighted by molar-refractivity contribution is -0.122. The first-order valence-corrected chi connectivity index (χ1v) is 13.9. The van der Waals surface area contributed by atoms with Crippen LogP contribution in [0.4, 0.5) is 11.5 Å². The summed E-state index contributed by atoms with van der Waals surface area (Å²) in [5.41, 5.74) is 2.78. The second-order valence-corrected chi connectivity index (χ2v) is 11.6. The predicted octanol–water partition coefficient (Wildman–Crippen LogP) is 4.20. The number of anilines is 2. The molecule has 1 aromatic carbocycles. The zero-order valence-corrected chi connectivity index (χ0v) is 23.6. The van der Waals surface area contributed by atoms with E-state index in [4.69, 9.17) is 21.9 Å². The molecule has 2 saturated heterocycles. The van der Waals surface area contributed by atoms with Gasteiger partial charge in [-0.05, 0) is 42.7 Å². The highest BCUT2D eigenvalue weighted by Crippen LogP contribution is 2.34. The normalized spacial score (nSPS) is 17.4. The second-order valence-electron chi connectivity index (χ2n) is 9.92. The van der Waals surface area contributed by atoms with Crippen LogP contribution < -0.4 is 20.1 Å². The van der Waals surface area contributed by atoms with Crippen LogP contribution in [0.2, 0.25) is 0 Å². The van der Waals surface area contributed by atoms with Gasteiger partial charge in [0.2, 0.25) is 0 Å². The van der Waals surface area contributed by atoms with E-state index in [9.17, 15) is 9.59 Å². The fraction of sp³-hybridized carbons (Fsp3) is 0.357. The number of benzene rings is 1. The number of ether oxygens (including phenoxy) is 1. The molecule has 2 aliphatic heterocycles. The second kappa shape index (κ2) is 10.8. The highest BCUT2D eigenvalue weighted by molar-refractivity contribution is 8.26. The summed E-state index contributed by atoms with van der Waals surface area (Å²) in [6.45, 7) is 9.40. The molecule has 0 spiro atoms. The van der Waals surface area contributed by atoms with E-state index in [-0.39, 0.29) is 17.4 Å². The molecule has 3 aromatic rings. The van der Waals surface area contributed by atoms with Gasteiger partial charge in [-0.15, -0.1) is 0 Å². The van der Waals surface area contributed by atoms with Crippen molar-refractivity contribution in [3.63, 3.8) is 0 Å². The first-order valence-electron chi connectivity index (χ1n) is 12.7. The minimum Gasteiger partial charge on any atom is -0.495 e. The summed E-state index contributed by atoms with van der Waals surface area (Å²) in [6.07, 6.45) is 3.47. The minimum absolute atomic E-state index is 0.158. The summed E-state index contributed by atoms with van der Waals surface area (Å²) in [4.78, 5) is 38.4. The summed E-state index contributed by atoms with van der Waals surface area (Å²) < 4.78 is 7.64. The number of pyridine rings is 1. The molecule has 0 N–H and O–H groups in total. The van der Waals surface area contributed by atoms with Crippen LogP contribution >= 0.6 is 24.0 Å². The van der Waals surface area contributed by atoms with E-state index in [1.807, 2.05) is 51.1 Å². The fourth-order valence-corrected chi connectivity index (χ4v) is 6.08. The van der Waals surface area contributed by atoms with Crippen LogP contribution in [0.5, 0.6) is 5.75 Å². The van der Waals surface area contributed by atoms with Crippen LogP contribution in [0.3, 0.4) is 0 Å². The highest BCUT2D eigenvalue weighted by Gasteiger charge is 2.33. The molecule has 38 heavy (non-hydrogen) atoms. The number of hydrogen-bond donors (Lipinski definition) is 0. The lowest BCUT2D eigenvalue weighted by Gasteiger charge is -2.37. The van der Waals surface area contributed by atoms with E-state index in [0.29, 0.717) is 45.9 Å². The van der Waals surface area contributed by atoms with E-state index in [2.05, 4.69) is 15.9 Å². The Balaban J connectivity index is 1.52. The number of carbonyl (C=O) groups excluding carboxylic acids is 1. The maximum absolute atomic E-state index is 13.8. The third kappa shape index (κ3) is 5.02. The first-order chi connectivity index (χ1) is 18.3. The standard InChI is InChI=1S/C28H31N5O3S2/c1-18(2)16-33-27(35)23(38-28(33)37)15-20-25(29-24-10-9-19(3)17-32(24)26(20)34)31-13-11-30(12-14-31)21-7-5-6-8-22(21)36-4/h5-10,15,17-18H,11-14,16H2,1-4H3/b23-15-. The molecule has 0 atom stereocenters. The van der Waals surface area contributed by atoms with Crippen LogP contribution in [0.25, 0.3) is 11.7 Å². The fourth-order valence-electron chi connectivity index (χ4n) is 4.82. The number of amides is 1. The maximum atomic E-state index is 13.8. The topological polar surface area (TPSA) is 70.4 Å². The monoisotopic (exact) mass is 549 g/mol. The quantitative estimate of drug-likeness (QED) is 0.335. The van der Waals surface area contributed by atoms with Gasteiger partial charge in [0.1, 0.15) is 21.5 Å². The number of nitrogens with zero attached hydrogens (tertiary/aromatic N) is 5. The molecule has 2 fully saturated rings. The summed E-state index contributed by atoms with van der Waals surface area (Å²) in [7, 11) is 1.68. The highest BCUT2D eigenvalue weighted by atomic mass is 32.2. The number of carbonyl (C=O) groups is 1. The molecule has 0 radical (unpaired) electrons. The van der Waals surface area contributed by atoms with Crippen LogP contribution in [-0.2, 0) is 4.79 Å². The van der Waals surface area contributed by atoms with Gasteiger partial charge in [0.05, 0.1) is 23.3 Å². The maximum Gasteiger partial charge on any atom is 0.267 e. The zero-order valence-electron chi connectivity index (χ0n) is 22.0. The predicted molar refractivity (Wildman–Crippen MR) is 158 cm³/mol. The van der Waals surface area contributed by atoms with Crippen LogP contribution in [0.1, 0.15) is 25.0 Å². The lowest BCUT2D eigenvalue weighted by atomic mass is 10.2. The van der Waals surface area contributed by atoms with Crippen molar-refractivity contribution < 1.29 is 9.53 Å². The number of fused-ring (bicyclic) bond motifs is 1. The van der Waals surface area contributed by atoms with Gasteiger partial charge in [-0.25, -0.2) is 4.98 Å². The summed E-state index contributed by atoms with van der Waals surface area (Å²) in [5.74, 6) is 1.55. The van der Waals surface area contributed by atoms with Crippen molar-refractivity contribution in [3.05, 3.63) is 69.0 Å². The molecule has 198 valence electrons. The molecule has 10 heteroatoms. The first kappa shape index (κ1) is 26.2. The number of hydrogen-bond acceptors (Lipinski definition) is 8. The molecule has 0 bridgehead atoms. The summed E-state index contributed by atoms with van der Waals surface area (Å²) in [6, 6.07) is 11.8. The van der Waals surface area contributed by atoms with Crippen molar-refractivity contribution in [2.24, 2.45) is 5.92 Å². The Kier molecular flexibility index (Phi) is 7.45. The average molecular weight is 550 g/mol. The van der Waals surface area contributed by atoms with E-state index in [0.717, 1.165) is 30.1 Å². The van der Waals surface area contributed by atoms with Gasteiger partial charge in [-0.2, -0.15) is 0 Å². The summed E-state index contributed by atoms with van der Waals surface area (Å²) in [5, 5.41) is 0. The Morgan fingerprint density at radius 3 is 2.50 bits per heavy atom. The molecule has 1 amide bonds. The van der Waals surface area contributed by atoms with Crippen molar-refractivity contribution in [1.82, 2.24) is 14.3 Å². The van der Waals surface area contributed by atoms with Crippen molar-refractivity contribution >= 4 is 57.4 Å². The number of para-hydroxylation sites is 2. The van der Waals surface area contributed by atoms with Crippen LogP contribution in [-0.4, -0.2) is 64.3 Å². The number of rotatable bonds is 6. The van der Waals surface area contributed by atoms with E-state index >= 15 is 0 Å².